The van der Waals surface area contributed by atoms with E-state index in [1.54, 1.807) is 24.3 Å². The highest BCUT2D eigenvalue weighted by atomic mass is 32.2. The van der Waals surface area contributed by atoms with Crippen molar-refractivity contribution in [2.24, 2.45) is 5.92 Å². The summed E-state index contributed by atoms with van der Waals surface area (Å²) < 4.78 is 27.9. The van der Waals surface area contributed by atoms with E-state index in [-0.39, 0.29) is 23.0 Å². The molecule has 0 aliphatic carbocycles. The Labute approximate surface area is 133 Å². The van der Waals surface area contributed by atoms with Crippen molar-refractivity contribution in [1.82, 2.24) is 5.32 Å². The Morgan fingerprint density at radius 2 is 2.09 bits per heavy atom. The van der Waals surface area contributed by atoms with Crippen LogP contribution >= 0.6 is 0 Å². The van der Waals surface area contributed by atoms with E-state index in [0.717, 1.165) is 0 Å². The van der Waals surface area contributed by atoms with Crippen LogP contribution in [0.2, 0.25) is 0 Å². The van der Waals surface area contributed by atoms with E-state index in [9.17, 15) is 18.0 Å². The van der Waals surface area contributed by atoms with Gasteiger partial charge in [-0.3, -0.25) is 4.79 Å². The van der Waals surface area contributed by atoms with Crippen LogP contribution in [-0.4, -0.2) is 32.4 Å². The summed E-state index contributed by atoms with van der Waals surface area (Å²) in [5.74, 6) is -0.0143. The van der Waals surface area contributed by atoms with Crippen molar-refractivity contribution in [1.29, 1.82) is 0 Å². The maximum atomic E-state index is 12.1. The van der Waals surface area contributed by atoms with Crippen molar-refractivity contribution in [2.75, 3.05) is 18.1 Å². The third kappa shape index (κ3) is 3.61. The number of hydrogen-bond acceptors (Lipinski definition) is 5. The molecule has 0 spiro atoms. The largest absolute Gasteiger partial charge is 0.422 e. The molecule has 0 saturated carbocycles. The smallest absolute Gasteiger partial charge is 0.349 e. The molecule has 122 valence electrons. The monoisotopic (exact) mass is 335 g/mol. The second-order valence-electron chi connectivity index (χ2n) is 5.80. The molecule has 1 aromatic heterocycles. The molecule has 1 unspecified atom stereocenters. The summed E-state index contributed by atoms with van der Waals surface area (Å²) in [6.07, 6.45) is 1.22. The maximum absolute atomic E-state index is 12.1. The first kappa shape index (κ1) is 15.7. The number of rotatable bonds is 4. The average Bonchev–Trinajstić information content (AvgIpc) is 2.85. The molecular weight excluding hydrogens is 318 g/mol. The Balaban J connectivity index is 1.64. The van der Waals surface area contributed by atoms with Gasteiger partial charge >= 0.3 is 5.63 Å². The van der Waals surface area contributed by atoms with Crippen LogP contribution in [0.3, 0.4) is 0 Å². The molecule has 1 N–H and O–H groups in total. The lowest BCUT2D eigenvalue weighted by molar-refractivity contribution is 0.0948. The maximum Gasteiger partial charge on any atom is 0.349 e. The Bertz CT molecular complexity index is 900. The number of benzene rings is 1. The molecule has 2 aromatic rings. The lowest BCUT2D eigenvalue weighted by atomic mass is 10.1. The minimum Gasteiger partial charge on any atom is -0.422 e. The zero-order valence-electron chi connectivity index (χ0n) is 12.4. The first-order valence-electron chi connectivity index (χ1n) is 7.46. The van der Waals surface area contributed by atoms with Gasteiger partial charge in [-0.2, -0.15) is 0 Å². The summed E-state index contributed by atoms with van der Waals surface area (Å²) in [4.78, 5) is 24.0. The summed E-state index contributed by atoms with van der Waals surface area (Å²) in [6.45, 7) is 0.339. The molecule has 6 nitrogen and oxygen atoms in total. The molecule has 0 bridgehead atoms. The number of carbonyl (C=O) groups excluding carboxylic acids is 1. The lowest BCUT2D eigenvalue weighted by Crippen LogP contribution is -2.30. The highest BCUT2D eigenvalue weighted by molar-refractivity contribution is 7.91. The van der Waals surface area contributed by atoms with Gasteiger partial charge in [-0.25, -0.2) is 13.2 Å². The van der Waals surface area contributed by atoms with Gasteiger partial charge in [0.05, 0.1) is 11.5 Å². The highest BCUT2D eigenvalue weighted by Crippen LogP contribution is 2.21. The van der Waals surface area contributed by atoms with E-state index >= 15 is 0 Å². The molecular formula is C16H17NO5S. The third-order valence-electron chi connectivity index (χ3n) is 4.05. The van der Waals surface area contributed by atoms with Crippen LogP contribution in [0.25, 0.3) is 11.0 Å². The van der Waals surface area contributed by atoms with Crippen molar-refractivity contribution in [2.45, 2.75) is 12.8 Å². The van der Waals surface area contributed by atoms with Gasteiger partial charge in [0.1, 0.15) is 11.1 Å². The fraction of sp³-hybridized carbons (Fsp3) is 0.375. The molecule has 1 saturated heterocycles. The minimum absolute atomic E-state index is 0.0391. The minimum atomic E-state index is -2.91. The number of nitrogens with one attached hydrogen (secondary N) is 1. The number of hydrogen-bond donors (Lipinski definition) is 1. The van der Waals surface area contributed by atoms with E-state index in [0.29, 0.717) is 30.4 Å². The van der Waals surface area contributed by atoms with Crippen molar-refractivity contribution >= 4 is 26.7 Å². The van der Waals surface area contributed by atoms with E-state index in [2.05, 4.69) is 5.32 Å². The molecule has 0 radical (unpaired) electrons. The van der Waals surface area contributed by atoms with Crippen LogP contribution in [0, 0.1) is 5.92 Å². The summed E-state index contributed by atoms with van der Waals surface area (Å²) in [7, 11) is -2.91. The van der Waals surface area contributed by atoms with Crippen molar-refractivity contribution in [3.8, 4) is 0 Å². The van der Waals surface area contributed by atoms with Gasteiger partial charge in [0.2, 0.25) is 0 Å². The van der Waals surface area contributed by atoms with Gasteiger partial charge in [-0.05, 0) is 30.9 Å². The van der Waals surface area contributed by atoms with E-state index in [4.69, 9.17) is 4.42 Å². The van der Waals surface area contributed by atoms with Gasteiger partial charge in [0, 0.05) is 11.9 Å². The van der Waals surface area contributed by atoms with Crippen LogP contribution < -0.4 is 10.9 Å². The highest BCUT2D eigenvalue weighted by Gasteiger charge is 2.27. The molecule has 23 heavy (non-hydrogen) atoms. The standard InChI is InChI=1S/C16H17NO5S/c18-15(17-7-5-11-6-8-23(20,21)10-11)13-9-12-3-1-2-4-14(12)22-16(13)19/h1-4,9,11H,5-8,10H2,(H,17,18). The Morgan fingerprint density at radius 1 is 1.30 bits per heavy atom. The van der Waals surface area contributed by atoms with Gasteiger partial charge in [-0.15, -0.1) is 0 Å². The molecule has 1 atom stereocenters. The number of sulfone groups is 1. The van der Waals surface area contributed by atoms with Crippen LogP contribution in [-0.2, 0) is 9.84 Å². The molecule has 7 heteroatoms. The van der Waals surface area contributed by atoms with Crippen molar-refractivity contribution in [3.05, 3.63) is 46.3 Å². The fourth-order valence-electron chi connectivity index (χ4n) is 2.80. The molecule has 1 fully saturated rings. The van der Waals surface area contributed by atoms with Crippen LogP contribution in [0.1, 0.15) is 23.2 Å². The molecule has 1 aromatic carbocycles. The second-order valence-corrected chi connectivity index (χ2v) is 8.03. The zero-order valence-corrected chi connectivity index (χ0v) is 13.3. The molecule has 2 heterocycles. The predicted molar refractivity (Wildman–Crippen MR) is 86.2 cm³/mol. The van der Waals surface area contributed by atoms with Crippen LogP contribution in [0.15, 0.2) is 39.5 Å². The van der Waals surface area contributed by atoms with Gasteiger partial charge in [0.25, 0.3) is 5.91 Å². The van der Waals surface area contributed by atoms with E-state index in [1.807, 2.05) is 0 Å². The number of fused-ring (bicyclic) bond motifs is 1. The first-order chi connectivity index (χ1) is 10.9. The summed E-state index contributed by atoms with van der Waals surface area (Å²) in [5, 5.41) is 3.34. The summed E-state index contributed by atoms with van der Waals surface area (Å²) >= 11 is 0. The molecule has 1 amide bonds. The fourth-order valence-corrected chi connectivity index (χ4v) is 4.72. The first-order valence-corrected chi connectivity index (χ1v) is 9.28. The van der Waals surface area contributed by atoms with Crippen molar-refractivity contribution < 1.29 is 17.6 Å². The van der Waals surface area contributed by atoms with Crippen molar-refractivity contribution in [3.63, 3.8) is 0 Å². The second kappa shape index (κ2) is 6.16. The van der Waals surface area contributed by atoms with Crippen LogP contribution in [0.5, 0.6) is 0 Å². The Morgan fingerprint density at radius 3 is 2.83 bits per heavy atom. The number of para-hydroxylation sites is 1. The number of carbonyl (C=O) groups is 1. The van der Waals surface area contributed by atoms with E-state index < -0.39 is 21.4 Å². The SMILES string of the molecule is O=C(NCCC1CCS(=O)(=O)C1)c1cc2ccccc2oc1=O. The number of amides is 1. The Hall–Kier alpha value is -2.15. The predicted octanol–water partition coefficient (Wildman–Crippen LogP) is 1.35. The zero-order chi connectivity index (χ0) is 16.4. The van der Waals surface area contributed by atoms with Crippen LogP contribution in [0.4, 0.5) is 0 Å². The van der Waals surface area contributed by atoms with Gasteiger partial charge in [0.15, 0.2) is 9.84 Å². The normalized spacial score (nSPS) is 19.7. The summed E-state index contributed by atoms with van der Waals surface area (Å²) in [5.41, 5.74) is -0.280. The Kier molecular flexibility index (Phi) is 4.21. The van der Waals surface area contributed by atoms with Gasteiger partial charge in [-0.1, -0.05) is 18.2 Å². The molecule has 1 aliphatic rings. The average molecular weight is 335 g/mol. The topological polar surface area (TPSA) is 93.4 Å². The summed E-state index contributed by atoms with van der Waals surface area (Å²) in [6, 6.07) is 8.49. The molecule has 3 rings (SSSR count). The molecule has 1 aliphatic heterocycles. The lowest BCUT2D eigenvalue weighted by Gasteiger charge is -2.08. The van der Waals surface area contributed by atoms with E-state index in [1.165, 1.54) is 6.07 Å². The quantitative estimate of drug-likeness (QED) is 0.851. The van der Waals surface area contributed by atoms with Gasteiger partial charge < -0.3 is 9.73 Å². The third-order valence-corrected chi connectivity index (χ3v) is 5.89.